The summed E-state index contributed by atoms with van der Waals surface area (Å²) in [5.41, 5.74) is 3.46. The highest BCUT2D eigenvalue weighted by Crippen LogP contribution is 2.48. The Bertz CT molecular complexity index is 972. The third-order valence-corrected chi connectivity index (χ3v) is 6.14. The fourth-order valence-electron chi connectivity index (χ4n) is 4.63. The van der Waals surface area contributed by atoms with Crippen molar-refractivity contribution in [1.82, 2.24) is 10.2 Å². The van der Waals surface area contributed by atoms with Crippen LogP contribution in [0.25, 0.3) is 0 Å². The SMILES string of the molecule is CCCCNC(=O)C1c2cc(OC)c(OC)cc2C(=O)N2CCc3ccccc3C12. The zero-order valence-corrected chi connectivity index (χ0v) is 17.7. The van der Waals surface area contributed by atoms with Gasteiger partial charge >= 0.3 is 0 Å². The van der Waals surface area contributed by atoms with Crippen LogP contribution in [0.2, 0.25) is 0 Å². The van der Waals surface area contributed by atoms with Gasteiger partial charge in [-0.1, -0.05) is 37.6 Å². The van der Waals surface area contributed by atoms with Gasteiger partial charge in [0.15, 0.2) is 11.5 Å². The number of hydrogen-bond donors (Lipinski definition) is 1. The van der Waals surface area contributed by atoms with Crippen molar-refractivity contribution in [3.8, 4) is 11.5 Å². The highest BCUT2D eigenvalue weighted by molar-refractivity contribution is 6.02. The predicted octanol–water partition coefficient (Wildman–Crippen LogP) is 3.46. The molecule has 0 fully saturated rings. The lowest BCUT2D eigenvalue weighted by molar-refractivity contribution is -0.124. The molecule has 0 saturated heterocycles. The molecule has 2 aliphatic rings. The molecule has 6 heteroatoms. The van der Waals surface area contributed by atoms with E-state index < -0.39 is 5.92 Å². The number of carbonyl (C=O) groups is 2. The van der Waals surface area contributed by atoms with Crippen molar-refractivity contribution < 1.29 is 19.1 Å². The van der Waals surface area contributed by atoms with E-state index in [0.717, 1.165) is 24.8 Å². The van der Waals surface area contributed by atoms with Crippen molar-refractivity contribution >= 4 is 11.8 Å². The van der Waals surface area contributed by atoms with Crippen LogP contribution in [0.4, 0.5) is 0 Å². The van der Waals surface area contributed by atoms with Crippen LogP contribution in [-0.2, 0) is 11.2 Å². The average molecular weight is 408 g/mol. The monoisotopic (exact) mass is 408 g/mol. The van der Waals surface area contributed by atoms with E-state index in [0.29, 0.717) is 35.7 Å². The van der Waals surface area contributed by atoms with Gasteiger partial charge in [-0.25, -0.2) is 0 Å². The summed E-state index contributed by atoms with van der Waals surface area (Å²) in [4.78, 5) is 28.7. The van der Waals surface area contributed by atoms with E-state index in [4.69, 9.17) is 9.47 Å². The maximum Gasteiger partial charge on any atom is 0.254 e. The number of methoxy groups -OCH3 is 2. The quantitative estimate of drug-likeness (QED) is 0.744. The summed E-state index contributed by atoms with van der Waals surface area (Å²) in [5.74, 6) is 0.383. The van der Waals surface area contributed by atoms with E-state index in [1.165, 1.54) is 5.56 Å². The molecule has 1 N–H and O–H groups in total. The molecule has 4 rings (SSSR count). The van der Waals surface area contributed by atoms with Crippen LogP contribution < -0.4 is 14.8 Å². The molecule has 2 aromatic carbocycles. The van der Waals surface area contributed by atoms with Crippen LogP contribution in [-0.4, -0.2) is 44.0 Å². The van der Waals surface area contributed by atoms with Gasteiger partial charge in [0.05, 0.1) is 26.2 Å². The molecule has 0 saturated carbocycles. The lowest BCUT2D eigenvalue weighted by atomic mass is 9.75. The topological polar surface area (TPSA) is 67.9 Å². The molecule has 2 atom stereocenters. The number of rotatable bonds is 6. The summed E-state index contributed by atoms with van der Waals surface area (Å²) in [5, 5.41) is 3.09. The van der Waals surface area contributed by atoms with Crippen molar-refractivity contribution in [1.29, 1.82) is 0 Å². The molecule has 6 nitrogen and oxygen atoms in total. The molecular formula is C24H28N2O4. The van der Waals surface area contributed by atoms with E-state index in [1.807, 2.05) is 23.1 Å². The predicted molar refractivity (Wildman–Crippen MR) is 114 cm³/mol. The second-order valence-electron chi connectivity index (χ2n) is 7.81. The van der Waals surface area contributed by atoms with Crippen molar-refractivity contribution in [3.05, 3.63) is 58.7 Å². The summed E-state index contributed by atoms with van der Waals surface area (Å²) in [6, 6.07) is 11.3. The van der Waals surface area contributed by atoms with Gasteiger partial charge in [0.25, 0.3) is 5.91 Å². The van der Waals surface area contributed by atoms with E-state index in [2.05, 4.69) is 18.3 Å². The van der Waals surface area contributed by atoms with Crippen LogP contribution in [0, 0.1) is 0 Å². The Morgan fingerprint density at radius 2 is 1.87 bits per heavy atom. The number of nitrogens with one attached hydrogen (secondary N) is 1. The fourth-order valence-corrected chi connectivity index (χ4v) is 4.63. The van der Waals surface area contributed by atoms with Crippen molar-refractivity contribution in [2.45, 2.75) is 38.1 Å². The zero-order chi connectivity index (χ0) is 21.3. The zero-order valence-electron chi connectivity index (χ0n) is 17.7. The Balaban J connectivity index is 1.87. The molecule has 0 spiro atoms. The van der Waals surface area contributed by atoms with Crippen molar-refractivity contribution in [2.75, 3.05) is 27.3 Å². The number of hydrogen-bond acceptors (Lipinski definition) is 4. The lowest BCUT2D eigenvalue weighted by Crippen LogP contribution is -2.50. The number of benzene rings is 2. The van der Waals surface area contributed by atoms with Gasteiger partial charge < -0.3 is 19.7 Å². The first-order valence-electron chi connectivity index (χ1n) is 10.5. The first-order valence-corrected chi connectivity index (χ1v) is 10.5. The minimum atomic E-state index is -0.504. The molecule has 2 aromatic rings. The number of unbranched alkanes of at least 4 members (excludes halogenated alkanes) is 1. The van der Waals surface area contributed by atoms with Gasteiger partial charge in [0.2, 0.25) is 5.91 Å². The minimum Gasteiger partial charge on any atom is -0.493 e. The average Bonchev–Trinajstić information content (AvgIpc) is 2.78. The number of nitrogens with zero attached hydrogens (tertiary/aromatic N) is 1. The Kier molecular flexibility index (Phi) is 5.66. The van der Waals surface area contributed by atoms with Crippen LogP contribution in [0.3, 0.4) is 0 Å². The molecule has 158 valence electrons. The van der Waals surface area contributed by atoms with Crippen molar-refractivity contribution in [2.24, 2.45) is 0 Å². The van der Waals surface area contributed by atoms with E-state index in [1.54, 1.807) is 26.4 Å². The van der Waals surface area contributed by atoms with E-state index in [9.17, 15) is 9.59 Å². The second kappa shape index (κ2) is 8.38. The third-order valence-electron chi connectivity index (χ3n) is 6.14. The molecule has 2 unspecified atom stereocenters. The number of ether oxygens (including phenoxy) is 2. The Labute approximate surface area is 177 Å². The van der Waals surface area contributed by atoms with Gasteiger partial charge in [0, 0.05) is 18.7 Å². The molecule has 2 amide bonds. The van der Waals surface area contributed by atoms with Gasteiger partial charge in [-0.15, -0.1) is 0 Å². The molecule has 0 bridgehead atoms. The third kappa shape index (κ3) is 3.30. The molecule has 0 aliphatic carbocycles. The maximum atomic E-state index is 13.5. The van der Waals surface area contributed by atoms with Crippen LogP contribution >= 0.6 is 0 Å². The smallest absolute Gasteiger partial charge is 0.254 e. The van der Waals surface area contributed by atoms with Gasteiger partial charge in [-0.3, -0.25) is 9.59 Å². The first-order chi connectivity index (χ1) is 14.6. The number of fused-ring (bicyclic) bond motifs is 4. The fraction of sp³-hybridized carbons (Fsp3) is 0.417. The summed E-state index contributed by atoms with van der Waals surface area (Å²) in [6.07, 6.45) is 2.70. The van der Waals surface area contributed by atoms with E-state index >= 15 is 0 Å². The lowest BCUT2D eigenvalue weighted by Gasteiger charge is -2.45. The van der Waals surface area contributed by atoms with Crippen molar-refractivity contribution in [3.63, 3.8) is 0 Å². The molecule has 0 aromatic heterocycles. The second-order valence-corrected chi connectivity index (χ2v) is 7.81. The highest BCUT2D eigenvalue weighted by atomic mass is 16.5. The Morgan fingerprint density at radius 1 is 1.13 bits per heavy atom. The highest BCUT2D eigenvalue weighted by Gasteiger charge is 2.46. The molecule has 2 aliphatic heterocycles. The maximum absolute atomic E-state index is 13.5. The van der Waals surface area contributed by atoms with E-state index in [-0.39, 0.29) is 17.9 Å². The number of amides is 2. The molecular weight excluding hydrogens is 380 g/mol. The number of carbonyl (C=O) groups excluding carboxylic acids is 2. The normalized spacial score (nSPS) is 19.4. The Morgan fingerprint density at radius 3 is 2.60 bits per heavy atom. The summed E-state index contributed by atoms with van der Waals surface area (Å²) in [6.45, 7) is 3.31. The summed E-state index contributed by atoms with van der Waals surface area (Å²) < 4.78 is 10.9. The molecule has 2 heterocycles. The largest absolute Gasteiger partial charge is 0.493 e. The Hall–Kier alpha value is -3.02. The summed E-state index contributed by atoms with van der Waals surface area (Å²) >= 11 is 0. The minimum absolute atomic E-state index is 0.0591. The standard InChI is InChI=1S/C24H28N2O4/c1-4-5-11-25-23(27)21-17-13-19(29-2)20(30-3)14-18(17)24(28)26-12-10-15-8-6-7-9-16(15)22(21)26/h6-9,13-14,21-22H,4-5,10-12H2,1-3H3,(H,25,27). The van der Waals surface area contributed by atoms with Gasteiger partial charge in [0.1, 0.15) is 0 Å². The first kappa shape index (κ1) is 20.3. The molecule has 30 heavy (non-hydrogen) atoms. The van der Waals surface area contributed by atoms with Gasteiger partial charge in [-0.05, 0) is 41.7 Å². The molecule has 0 radical (unpaired) electrons. The van der Waals surface area contributed by atoms with Crippen LogP contribution in [0.1, 0.15) is 58.8 Å². The van der Waals surface area contributed by atoms with Crippen LogP contribution in [0.5, 0.6) is 11.5 Å². The van der Waals surface area contributed by atoms with Crippen LogP contribution in [0.15, 0.2) is 36.4 Å². The van der Waals surface area contributed by atoms with Gasteiger partial charge in [-0.2, -0.15) is 0 Å². The summed E-state index contributed by atoms with van der Waals surface area (Å²) in [7, 11) is 3.11.